The summed E-state index contributed by atoms with van der Waals surface area (Å²) in [4.78, 5) is 4.33. The van der Waals surface area contributed by atoms with Crippen LogP contribution in [0.4, 0.5) is 0 Å². The van der Waals surface area contributed by atoms with Crippen LogP contribution in [0.1, 0.15) is 11.4 Å². The summed E-state index contributed by atoms with van der Waals surface area (Å²) in [5, 5.41) is 1.21. The Kier molecular flexibility index (Phi) is 1.97. The molecule has 0 spiro atoms. The Labute approximate surface area is 86.1 Å². The summed E-state index contributed by atoms with van der Waals surface area (Å²) < 4.78 is 1.90. The summed E-state index contributed by atoms with van der Waals surface area (Å²) in [5.74, 6) is 0. The van der Waals surface area contributed by atoms with E-state index in [-0.39, 0.29) is 0 Å². The summed E-state index contributed by atoms with van der Waals surface area (Å²) in [7, 11) is 0. The van der Waals surface area contributed by atoms with Crippen molar-refractivity contribution < 1.29 is 0 Å². The van der Waals surface area contributed by atoms with Crippen LogP contribution in [0.5, 0.6) is 0 Å². The zero-order valence-corrected chi connectivity index (χ0v) is 8.82. The number of imidazole rings is 1. The SMILES string of the molecule is Cc1nc2c(Cl)cc(Cl)cn2c1C. The minimum atomic E-state index is 0.587. The Morgan fingerprint density at radius 1 is 1.31 bits per heavy atom. The van der Waals surface area contributed by atoms with E-state index in [1.54, 1.807) is 6.07 Å². The van der Waals surface area contributed by atoms with Gasteiger partial charge in [-0.15, -0.1) is 0 Å². The van der Waals surface area contributed by atoms with E-state index >= 15 is 0 Å². The maximum Gasteiger partial charge on any atom is 0.156 e. The van der Waals surface area contributed by atoms with Crippen LogP contribution in [0.3, 0.4) is 0 Å². The van der Waals surface area contributed by atoms with Crippen LogP contribution in [0.25, 0.3) is 5.65 Å². The highest BCUT2D eigenvalue weighted by Crippen LogP contribution is 2.23. The lowest BCUT2D eigenvalue weighted by molar-refractivity contribution is 1.09. The molecule has 68 valence electrons. The molecule has 2 aromatic heterocycles. The number of rotatable bonds is 0. The van der Waals surface area contributed by atoms with Crippen LogP contribution in [-0.2, 0) is 0 Å². The van der Waals surface area contributed by atoms with E-state index in [4.69, 9.17) is 23.2 Å². The van der Waals surface area contributed by atoms with Gasteiger partial charge in [-0.25, -0.2) is 4.98 Å². The molecule has 2 rings (SSSR count). The summed E-state index contributed by atoms with van der Waals surface area (Å²) in [6, 6.07) is 1.70. The third-order valence-corrected chi connectivity index (χ3v) is 2.60. The minimum absolute atomic E-state index is 0.587. The van der Waals surface area contributed by atoms with Gasteiger partial charge in [-0.05, 0) is 19.9 Å². The molecule has 0 aliphatic heterocycles. The summed E-state index contributed by atoms with van der Waals surface area (Å²) in [6.45, 7) is 3.94. The Bertz CT molecular complexity index is 474. The van der Waals surface area contributed by atoms with Crippen molar-refractivity contribution in [3.63, 3.8) is 0 Å². The standard InChI is InChI=1S/C9H8Cl2N2/c1-5-6(2)13-4-7(10)3-8(11)9(13)12-5/h3-4H,1-2H3. The number of hydrogen-bond donors (Lipinski definition) is 0. The molecule has 0 bridgehead atoms. The largest absolute Gasteiger partial charge is 0.301 e. The van der Waals surface area contributed by atoms with Crippen molar-refractivity contribution in [1.82, 2.24) is 9.38 Å². The van der Waals surface area contributed by atoms with E-state index in [0.717, 1.165) is 17.0 Å². The van der Waals surface area contributed by atoms with E-state index in [2.05, 4.69) is 4.98 Å². The minimum Gasteiger partial charge on any atom is -0.301 e. The average Bonchev–Trinajstić information content (AvgIpc) is 2.32. The van der Waals surface area contributed by atoms with Gasteiger partial charge in [0.1, 0.15) is 0 Å². The lowest BCUT2D eigenvalue weighted by atomic mass is 10.4. The average molecular weight is 215 g/mol. The molecule has 0 N–H and O–H groups in total. The molecule has 0 saturated heterocycles. The van der Waals surface area contributed by atoms with Gasteiger partial charge in [0.15, 0.2) is 5.65 Å². The molecule has 0 atom stereocenters. The van der Waals surface area contributed by atoms with Crippen LogP contribution in [0.2, 0.25) is 10.0 Å². The van der Waals surface area contributed by atoms with Crippen molar-refractivity contribution in [2.45, 2.75) is 13.8 Å². The second kappa shape index (κ2) is 2.89. The Morgan fingerprint density at radius 2 is 2.00 bits per heavy atom. The number of aryl methyl sites for hydroxylation is 2. The quantitative estimate of drug-likeness (QED) is 0.659. The molecule has 0 aliphatic rings. The summed E-state index contributed by atoms with van der Waals surface area (Å²) >= 11 is 11.9. The van der Waals surface area contributed by atoms with Gasteiger partial charge in [0.05, 0.1) is 15.7 Å². The van der Waals surface area contributed by atoms with Crippen molar-refractivity contribution >= 4 is 28.8 Å². The molecule has 4 heteroatoms. The van der Waals surface area contributed by atoms with Crippen LogP contribution in [0, 0.1) is 13.8 Å². The highest BCUT2D eigenvalue weighted by atomic mass is 35.5. The highest BCUT2D eigenvalue weighted by molar-refractivity contribution is 6.36. The van der Waals surface area contributed by atoms with E-state index < -0.39 is 0 Å². The topological polar surface area (TPSA) is 17.3 Å². The fraction of sp³-hybridized carbons (Fsp3) is 0.222. The molecular formula is C9H8Cl2N2. The molecule has 2 heterocycles. The number of hydrogen-bond acceptors (Lipinski definition) is 1. The van der Waals surface area contributed by atoms with Gasteiger partial charge in [0.25, 0.3) is 0 Å². The van der Waals surface area contributed by atoms with E-state index in [1.165, 1.54) is 0 Å². The van der Waals surface area contributed by atoms with Gasteiger partial charge in [0.2, 0.25) is 0 Å². The lowest BCUT2D eigenvalue weighted by Crippen LogP contribution is -1.87. The van der Waals surface area contributed by atoms with Crippen LogP contribution in [-0.4, -0.2) is 9.38 Å². The van der Waals surface area contributed by atoms with Gasteiger partial charge in [0, 0.05) is 11.9 Å². The van der Waals surface area contributed by atoms with E-state index in [9.17, 15) is 0 Å². The van der Waals surface area contributed by atoms with Crippen LogP contribution >= 0.6 is 23.2 Å². The number of pyridine rings is 1. The molecule has 0 unspecified atom stereocenters. The predicted molar refractivity (Wildman–Crippen MR) is 54.7 cm³/mol. The monoisotopic (exact) mass is 214 g/mol. The Hall–Kier alpha value is -0.730. The van der Waals surface area contributed by atoms with Crippen LogP contribution < -0.4 is 0 Å². The van der Waals surface area contributed by atoms with Gasteiger partial charge in [-0.3, -0.25) is 0 Å². The predicted octanol–water partition coefficient (Wildman–Crippen LogP) is 3.26. The first-order valence-electron chi connectivity index (χ1n) is 3.90. The van der Waals surface area contributed by atoms with Crippen molar-refractivity contribution in [2.75, 3.05) is 0 Å². The molecule has 2 aromatic rings. The molecule has 0 saturated carbocycles. The Balaban J connectivity index is 2.94. The molecule has 13 heavy (non-hydrogen) atoms. The van der Waals surface area contributed by atoms with Gasteiger partial charge >= 0.3 is 0 Å². The van der Waals surface area contributed by atoms with Crippen molar-refractivity contribution in [2.24, 2.45) is 0 Å². The third kappa shape index (κ3) is 1.30. The first-order valence-corrected chi connectivity index (χ1v) is 4.65. The smallest absolute Gasteiger partial charge is 0.156 e. The molecule has 0 aliphatic carbocycles. The van der Waals surface area contributed by atoms with Gasteiger partial charge < -0.3 is 4.40 Å². The number of halogens is 2. The number of nitrogens with zero attached hydrogens (tertiary/aromatic N) is 2. The Morgan fingerprint density at radius 3 is 2.69 bits per heavy atom. The fourth-order valence-corrected chi connectivity index (χ4v) is 1.81. The van der Waals surface area contributed by atoms with Gasteiger partial charge in [-0.1, -0.05) is 23.2 Å². The van der Waals surface area contributed by atoms with E-state index in [1.807, 2.05) is 24.4 Å². The molecule has 2 nitrogen and oxygen atoms in total. The zero-order valence-electron chi connectivity index (χ0n) is 7.31. The lowest BCUT2D eigenvalue weighted by Gasteiger charge is -1.98. The molecule has 0 amide bonds. The maximum atomic E-state index is 5.98. The van der Waals surface area contributed by atoms with Crippen molar-refractivity contribution in [3.8, 4) is 0 Å². The summed E-state index contributed by atoms with van der Waals surface area (Å²) in [6.07, 6.45) is 1.82. The summed E-state index contributed by atoms with van der Waals surface area (Å²) in [5.41, 5.74) is 2.81. The molecule has 0 fully saturated rings. The van der Waals surface area contributed by atoms with Gasteiger partial charge in [-0.2, -0.15) is 0 Å². The fourth-order valence-electron chi connectivity index (χ4n) is 1.30. The number of aromatic nitrogens is 2. The molecule has 0 aromatic carbocycles. The first-order chi connectivity index (χ1) is 6.09. The second-order valence-electron chi connectivity index (χ2n) is 2.98. The molecule has 0 radical (unpaired) electrons. The van der Waals surface area contributed by atoms with Crippen LogP contribution in [0.15, 0.2) is 12.3 Å². The number of fused-ring (bicyclic) bond motifs is 1. The van der Waals surface area contributed by atoms with Crippen molar-refractivity contribution in [3.05, 3.63) is 33.7 Å². The van der Waals surface area contributed by atoms with Crippen molar-refractivity contribution in [1.29, 1.82) is 0 Å². The first kappa shape index (κ1) is 8.85. The second-order valence-corrected chi connectivity index (χ2v) is 3.83. The maximum absolute atomic E-state index is 5.98. The zero-order chi connectivity index (χ0) is 9.59. The third-order valence-electron chi connectivity index (χ3n) is 2.12. The normalized spacial score (nSPS) is 11.1. The molecular weight excluding hydrogens is 207 g/mol. The highest BCUT2D eigenvalue weighted by Gasteiger charge is 2.07. The van der Waals surface area contributed by atoms with E-state index in [0.29, 0.717) is 10.0 Å².